The van der Waals surface area contributed by atoms with Crippen LogP contribution in [0.2, 0.25) is 0 Å². The number of rotatable bonds is 0. The molecule has 2 aromatic heterocycles. The zero-order chi connectivity index (χ0) is 20.5. The van der Waals surface area contributed by atoms with Gasteiger partial charge in [0, 0.05) is 0 Å². The Bertz CT molecular complexity index is 1160. The molecule has 0 unspecified atom stereocenters. The van der Waals surface area contributed by atoms with Crippen LogP contribution >= 0.6 is 0 Å². The first-order chi connectivity index (χ1) is 13.5. The highest BCUT2D eigenvalue weighted by Gasteiger charge is 1.98. The first-order valence-corrected chi connectivity index (χ1v) is 8.71. The number of aryl methyl sites for hydroxylation is 2. The van der Waals surface area contributed by atoms with E-state index in [4.69, 9.17) is 0 Å². The predicted molar refractivity (Wildman–Crippen MR) is 113 cm³/mol. The lowest BCUT2D eigenvalue weighted by Crippen LogP contribution is -2.09. The van der Waals surface area contributed by atoms with Crippen molar-refractivity contribution in [2.75, 3.05) is 0 Å². The van der Waals surface area contributed by atoms with Crippen LogP contribution in [0.25, 0.3) is 21.8 Å². The van der Waals surface area contributed by atoms with Crippen molar-refractivity contribution in [1.82, 2.24) is 19.9 Å². The summed E-state index contributed by atoms with van der Waals surface area (Å²) in [7, 11) is 0. The van der Waals surface area contributed by atoms with Crippen LogP contribution in [0, 0.1) is 25.7 Å². The Morgan fingerprint density at radius 3 is 1.39 bits per heavy atom. The molecule has 6 heteroatoms. The first kappa shape index (κ1) is 20.6. The Morgan fingerprint density at radius 2 is 1.04 bits per heavy atom. The molecule has 142 valence electrons. The summed E-state index contributed by atoms with van der Waals surface area (Å²) in [6.45, 7) is 7.18. The quantitative estimate of drug-likeness (QED) is 0.461. The molecule has 0 fully saturated rings. The van der Waals surface area contributed by atoms with E-state index in [-0.39, 0.29) is 11.1 Å². The van der Waals surface area contributed by atoms with E-state index in [1.807, 2.05) is 50.2 Å². The molecule has 2 heterocycles. The number of hydrogen-bond acceptors (Lipinski definition) is 4. The molecule has 0 bridgehead atoms. The molecule has 0 saturated carbocycles. The van der Waals surface area contributed by atoms with Crippen LogP contribution in [0.4, 0.5) is 0 Å². The molecule has 0 amide bonds. The highest BCUT2D eigenvalue weighted by atomic mass is 16.1. The number of aromatic nitrogens is 4. The fourth-order valence-corrected chi connectivity index (χ4v) is 2.41. The maximum Gasteiger partial charge on any atom is 0.258 e. The molecular weight excluding hydrogens is 352 g/mol. The monoisotopic (exact) mass is 374 g/mol. The maximum absolute atomic E-state index is 11.3. The minimum absolute atomic E-state index is 0.0712. The van der Waals surface area contributed by atoms with Gasteiger partial charge in [-0.15, -0.1) is 11.8 Å². The smallest absolute Gasteiger partial charge is 0.258 e. The highest BCUT2D eigenvalue weighted by molar-refractivity contribution is 5.77. The zero-order valence-electron chi connectivity index (χ0n) is 16.3. The summed E-state index contributed by atoms with van der Waals surface area (Å²) in [5.74, 6) is 6.66. The van der Waals surface area contributed by atoms with Gasteiger partial charge in [0.05, 0.1) is 21.8 Å². The SMILES string of the molecule is CC#CC.Cc1nc2ccccc2c(=O)[nH]1.Cc1nc2ccccc2c(=O)[nH]1. The van der Waals surface area contributed by atoms with E-state index in [2.05, 4.69) is 31.8 Å². The van der Waals surface area contributed by atoms with Crippen LogP contribution in [0.5, 0.6) is 0 Å². The fraction of sp³-hybridized carbons (Fsp3) is 0.182. The van der Waals surface area contributed by atoms with Gasteiger partial charge in [0.2, 0.25) is 0 Å². The minimum atomic E-state index is -0.0712. The summed E-state index contributed by atoms with van der Waals surface area (Å²) in [6.07, 6.45) is 0. The van der Waals surface area contributed by atoms with Gasteiger partial charge in [-0.05, 0) is 52.0 Å². The normalized spacial score (nSPS) is 9.43. The van der Waals surface area contributed by atoms with Crippen molar-refractivity contribution in [2.24, 2.45) is 0 Å². The Labute approximate surface area is 162 Å². The van der Waals surface area contributed by atoms with Crippen LogP contribution in [-0.2, 0) is 0 Å². The van der Waals surface area contributed by atoms with E-state index < -0.39 is 0 Å². The molecule has 0 saturated heterocycles. The lowest BCUT2D eigenvalue weighted by atomic mass is 10.2. The van der Waals surface area contributed by atoms with E-state index in [0.29, 0.717) is 22.4 Å². The second kappa shape index (κ2) is 9.83. The fourth-order valence-electron chi connectivity index (χ4n) is 2.41. The number of H-pyrrole nitrogens is 2. The molecule has 4 aromatic rings. The average Bonchev–Trinajstić information content (AvgIpc) is 2.68. The lowest BCUT2D eigenvalue weighted by molar-refractivity contribution is 1.06. The molecule has 2 N–H and O–H groups in total. The summed E-state index contributed by atoms with van der Waals surface area (Å²) in [4.78, 5) is 36.3. The number of benzene rings is 2. The van der Waals surface area contributed by atoms with Crippen molar-refractivity contribution in [3.05, 3.63) is 80.9 Å². The van der Waals surface area contributed by atoms with Crippen molar-refractivity contribution in [2.45, 2.75) is 27.7 Å². The molecule has 6 nitrogen and oxygen atoms in total. The van der Waals surface area contributed by atoms with Crippen molar-refractivity contribution in [3.63, 3.8) is 0 Å². The van der Waals surface area contributed by atoms with Crippen LogP contribution in [0.15, 0.2) is 58.1 Å². The summed E-state index contributed by atoms with van der Waals surface area (Å²) in [5, 5.41) is 1.28. The Morgan fingerprint density at radius 1 is 0.679 bits per heavy atom. The van der Waals surface area contributed by atoms with Gasteiger partial charge >= 0.3 is 0 Å². The van der Waals surface area contributed by atoms with Crippen molar-refractivity contribution in [1.29, 1.82) is 0 Å². The standard InChI is InChI=1S/2C9H8N2O.C4H6/c2*1-6-10-8-5-3-2-4-7(8)9(12)11-6;1-3-4-2/h2*2-5H,1H3,(H,10,11,12);1-2H3. The minimum Gasteiger partial charge on any atom is -0.310 e. The third kappa shape index (κ3) is 5.39. The summed E-state index contributed by atoms with van der Waals surface area (Å²) >= 11 is 0. The Hall–Kier alpha value is -3.72. The van der Waals surface area contributed by atoms with E-state index in [0.717, 1.165) is 11.0 Å². The second-order valence-corrected chi connectivity index (χ2v) is 5.84. The Balaban J connectivity index is 0.000000169. The zero-order valence-corrected chi connectivity index (χ0v) is 16.3. The van der Waals surface area contributed by atoms with Crippen molar-refractivity contribution < 1.29 is 0 Å². The second-order valence-electron chi connectivity index (χ2n) is 5.84. The van der Waals surface area contributed by atoms with Gasteiger partial charge in [0.1, 0.15) is 11.6 Å². The maximum atomic E-state index is 11.3. The predicted octanol–water partition coefficient (Wildman–Crippen LogP) is 3.49. The molecule has 0 aliphatic heterocycles. The van der Waals surface area contributed by atoms with Gasteiger partial charge in [-0.1, -0.05) is 24.3 Å². The molecule has 0 atom stereocenters. The molecule has 4 rings (SSSR count). The van der Waals surface area contributed by atoms with Gasteiger partial charge in [-0.25, -0.2) is 9.97 Å². The Kier molecular flexibility index (Phi) is 7.23. The molecule has 0 aliphatic carbocycles. The molecule has 0 aliphatic rings. The van der Waals surface area contributed by atoms with E-state index in [9.17, 15) is 9.59 Å². The third-order valence-corrected chi connectivity index (χ3v) is 3.71. The first-order valence-electron chi connectivity index (χ1n) is 8.71. The summed E-state index contributed by atoms with van der Waals surface area (Å²) in [6, 6.07) is 14.6. The number of aromatic amines is 2. The number of hydrogen-bond donors (Lipinski definition) is 2. The third-order valence-electron chi connectivity index (χ3n) is 3.71. The lowest BCUT2D eigenvalue weighted by Gasteiger charge is -1.96. The number of fused-ring (bicyclic) bond motifs is 2. The highest BCUT2D eigenvalue weighted by Crippen LogP contribution is 2.05. The summed E-state index contributed by atoms with van der Waals surface area (Å²) < 4.78 is 0. The van der Waals surface area contributed by atoms with Gasteiger partial charge in [-0.3, -0.25) is 9.59 Å². The van der Waals surface area contributed by atoms with Crippen molar-refractivity contribution >= 4 is 21.8 Å². The molecule has 0 spiro atoms. The molecular formula is C22H22N4O2. The topological polar surface area (TPSA) is 91.5 Å². The van der Waals surface area contributed by atoms with Crippen LogP contribution in [0.3, 0.4) is 0 Å². The summed E-state index contributed by atoms with van der Waals surface area (Å²) in [5.41, 5.74) is 1.36. The number of nitrogens with zero attached hydrogens (tertiary/aromatic N) is 2. The largest absolute Gasteiger partial charge is 0.310 e. The van der Waals surface area contributed by atoms with Crippen LogP contribution in [0.1, 0.15) is 25.5 Å². The average molecular weight is 374 g/mol. The number of para-hydroxylation sites is 2. The molecule has 2 aromatic carbocycles. The number of nitrogens with one attached hydrogen (secondary N) is 2. The van der Waals surface area contributed by atoms with Gasteiger partial charge in [-0.2, -0.15) is 0 Å². The van der Waals surface area contributed by atoms with Crippen LogP contribution < -0.4 is 11.1 Å². The van der Waals surface area contributed by atoms with E-state index in [1.165, 1.54) is 0 Å². The van der Waals surface area contributed by atoms with E-state index >= 15 is 0 Å². The molecule has 0 radical (unpaired) electrons. The van der Waals surface area contributed by atoms with E-state index in [1.54, 1.807) is 26.0 Å². The van der Waals surface area contributed by atoms with Crippen LogP contribution in [-0.4, -0.2) is 19.9 Å². The van der Waals surface area contributed by atoms with Gasteiger partial charge in [0.15, 0.2) is 0 Å². The van der Waals surface area contributed by atoms with Crippen molar-refractivity contribution in [3.8, 4) is 11.8 Å². The molecule has 28 heavy (non-hydrogen) atoms. The van der Waals surface area contributed by atoms with Gasteiger partial charge < -0.3 is 9.97 Å². The van der Waals surface area contributed by atoms with Gasteiger partial charge in [0.25, 0.3) is 11.1 Å².